The Balaban J connectivity index is 2.36. The van der Waals surface area contributed by atoms with Crippen LogP contribution in [0.4, 0.5) is 10.1 Å². The zero-order valence-electron chi connectivity index (χ0n) is 10.8. The number of fused-ring (bicyclic) bond motifs is 1. The first-order valence-electron chi connectivity index (χ1n) is 6.31. The van der Waals surface area contributed by atoms with E-state index >= 15 is 0 Å². The zero-order chi connectivity index (χ0) is 13.3. The Morgan fingerprint density at radius 1 is 1.33 bits per heavy atom. The van der Waals surface area contributed by atoms with E-state index in [1.165, 1.54) is 12.1 Å². The summed E-state index contributed by atoms with van der Waals surface area (Å²) in [5.74, 6) is -0.343. The molecular weight excluding hydrogens is 231 g/mol. The van der Waals surface area contributed by atoms with Crippen LogP contribution in [0.25, 0.3) is 0 Å². The highest BCUT2D eigenvalue weighted by atomic mass is 19.1. The minimum Gasteiger partial charge on any atom is -0.330 e. The SMILES string of the molecule is CC1(C)C(=O)Nc2c(CCCCN)cc(F)cc21. The molecule has 0 unspecified atom stereocenters. The summed E-state index contributed by atoms with van der Waals surface area (Å²) in [5, 5.41) is 2.87. The predicted molar refractivity (Wildman–Crippen MR) is 70.0 cm³/mol. The van der Waals surface area contributed by atoms with E-state index in [1.54, 1.807) is 0 Å². The van der Waals surface area contributed by atoms with Crippen LogP contribution in [0.1, 0.15) is 37.8 Å². The van der Waals surface area contributed by atoms with Gasteiger partial charge in [0.1, 0.15) is 5.82 Å². The van der Waals surface area contributed by atoms with E-state index in [2.05, 4.69) is 5.32 Å². The van der Waals surface area contributed by atoms with E-state index < -0.39 is 5.41 Å². The number of anilines is 1. The van der Waals surface area contributed by atoms with E-state index in [-0.39, 0.29) is 11.7 Å². The summed E-state index contributed by atoms with van der Waals surface area (Å²) in [4.78, 5) is 11.9. The Hall–Kier alpha value is -1.42. The van der Waals surface area contributed by atoms with Gasteiger partial charge in [-0.25, -0.2) is 4.39 Å². The van der Waals surface area contributed by atoms with Crippen molar-refractivity contribution < 1.29 is 9.18 Å². The maximum absolute atomic E-state index is 13.6. The number of hydrogen-bond donors (Lipinski definition) is 2. The lowest BCUT2D eigenvalue weighted by Crippen LogP contribution is -2.26. The fourth-order valence-electron chi connectivity index (χ4n) is 2.35. The molecule has 3 nitrogen and oxygen atoms in total. The molecule has 0 aromatic heterocycles. The number of amides is 1. The highest BCUT2D eigenvalue weighted by molar-refractivity contribution is 6.06. The monoisotopic (exact) mass is 250 g/mol. The summed E-state index contributed by atoms with van der Waals surface area (Å²) < 4.78 is 13.6. The average Bonchev–Trinajstić information content (AvgIpc) is 2.52. The molecule has 0 aliphatic carbocycles. The Labute approximate surface area is 107 Å². The Morgan fingerprint density at radius 2 is 2.06 bits per heavy atom. The maximum Gasteiger partial charge on any atom is 0.234 e. The molecule has 98 valence electrons. The van der Waals surface area contributed by atoms with Crippen LogP contribution >= 0.6 is 0 Å². The lowest BCUT2D eigenvalue weighted by molar-refractivity contribution is -0.119. The van der Waals surface area contributed by atoms with Gasteiger partial charge in [0.15, 0.2) is 0 Å². The smallest absolute Gasteiger partial charge is 0.234 e. The first-order chi connectivity index (χ1) is 8.46. The number of unbranched alkanes of at least 4 members (excludes halogenated alkanes) is 1. The molecule has 1 aliphatic rings. The second-order valence-electron chi connectivity index (χ2n) is 5.31. The number of carbonyl (C=O) groups is 1. The molecule has 1 aromatic rings. The van der Waals surface area contributed by atoms with Gasteiger partial charge in [-0.05, 0) is 62.9 Å². The molecule has 1 heterocycles. The van der Waals surface area contributed by atoms with Crippen LogP contribution in [0.3, 0.4) is 0 Å². The molecule has 0 saturated carbocycles. The fraction of sp³-hybridized carbons (Fsp3) is 0.500. The van der Waals surface area contributed by atoms with E-state index in [4.69, 9.17) is 5.73 Å². The van der Waals surface area contributed by atoms with Gasteiger partial charge in [0.05, 0.1) is 5.41 Å². The van der Waals surface area contributed by atoms with Crippen molar-refractivity contribution in [3.63, 3.8) is 0 Å². The molecule has 1 amide bonds. The van der Waals surface area contributed by atoms with Crippen LogP contribution in [0, 0.1) is 5.82 Å². The topological polar surface area (TPSA) is 55.1 Å². The van der Waals surface area contributed by atoms with E-state index in [1.807, 2.05) is 13.8 Å². The van der Waals surface area contributed by atoms with Crippen LogP contribution < -0.4 is 11.1 Å². The van der Waals surface area contributed by atoms with Gasteiger partial charge in [-0.15, -0.1) is 0 Å². The minimum atomic E-state index is -0.653. The molecule has 0 atom stereocenters. The molecule has 4 heteroatoms. The molecule has 0 spiro atoms. The fourth-order valence-corrected chi connectivity index (χ4v) is 2.35. The molecule has 0 fully saturated rings. The van der Waals surface area contributed by atoms with E-state index in [9.17, 15) is 9.18 Å². The Kier molecular flexibility index (Phi) is 3.39. The quantitative estimate of drug-likeness (QED) is 0.806. The summed E-state index contributed by atoms with van der Waals surface area (Å²) in [5.41, 5.74) is 7.23. The number of hydrogen-bond acceptors (Lipinski definition) is 2. The van der Waals surface area contributed by atoms with Gasteiger partial charge >= 0.3 is 0 Å². The van der Waals surface area contributed by atoms with Gasteiger partial charge in [0.2, 0.25) is 5.91 Å². The van der Waals surface area contributed by atoms with Crippen molar-refractivity contribution in [1.82, 2.24) is 0 Å². The normalized spacial score (nSPS) is 16.6. The molecular formula is C14H19FN2O. The van der Waals surface area contributed by atoms with Crippen LogP contribution in [0.2, 0.25) is 0 Å². The molecule has 2 rings (SSSR count). The van der Waals surface area contributed by atoms with Gasteiger partial charge in [0, 0.05) is 5.69 Å². The van der Waals surface area contributed by atoms with Crippen LogP contribution in [-0.4, -0.2) is 12.5 Å². The summed E-state index contributed by atoms with van der Waals surface area (Å²) in [6.45, 7) is 4.27. The zero-order valence-corrected chi connectivity index (χ0v) is 10.8. The number of aryl methyl sites for hydroxylation is 1. The standard InChI is InChI=1S/C14H19FN2O/c1-14(2)11-8-10(15)7-9(5-3-4-6-16)12(11)17-13(14)18/h7-8H,3-6,16H2,1-2H3,(H,17,18). The molecule has 1 aromatic carbocycles. The molecule has 3 N–H and O–H groups in total. The molecule has 1 aliphatic heterocycles. The summed E-state index contributed by atoms with van der Waals surface area (Å²) in [6.07, 6.45) is 2.55. The summed E-state index contributed by atoms with van der Waals surface area (Å²) >= 11 is 0. The third-order valence-corrected chi connectivity index (χ3v) is 3.56. The van der Waals surface area contributed by atoms with Crippen LogP contribution in [0.15, 0.2) is 12.1 Å². The van der Waals surface area contributed by atoms with Crippen molar-refractivity contribution in [1.29, 1.82) is 0 Å². The molecule has 0 bridgehead atoms. The maximum atomic E-state index is 13.6. The number of nitrogens with two attached hydrogens (primary N) is 1. The van der Waals surface area contributed by atoms with Gasteiger partial charge in [-0.3, -0.25) is 4.79 Å². The number of halogens is 1. The van der Waals surface area contributed by atoms with Gasteiger partial charge in [0.25, 0.3) is 0 Å². The third kappa shape index (κ3) is 2.12. The third-order valence-electron chi connectivity index (χ3n) is 3.56. The van der Waals surface area contributed by atoms with Crippen molar-refractivity contribution >= 4 is 11.6 Å². The van der Waals surface area contributed by atoms with Gasteiger partial charge < -0.3 is 11.1 Å². The number of rotatable bonds is 4. The first kappa shape index (κ1) is 13.0. The van der Waals surface area contributed by atoms with Crippen molar-refractivity contribution in [2.45, 2.75) is 38.5 Å². The lowest BCUT2D eigenvalue weighted by Gasteiger charge is -2.15. The molecule has 18 heavy (non-hydrogen) atoms. The largest absolute Gasteiger partial charge is 0.330 e. The summed E-state index contributed by atoms with van der Waals surface area (Å²) in [6, 6.07) is 2.97. The van der Waals surface area contributed by atoms with Crippen molar-refractivity contribution in [3.05, 3.63) is 29.1 Å². The highest BCUT2D eigenvalue weighted by Crippen LogP contribution is 2.40. The average molecular weight is 250 g/mol. The lowest BCUT2D eigenvalue weighted by atomic mass is 9.85. The number of carbonyl (C=O) groups excluding carboxylic acids is 1. The highest BCUT2D eigenvalue weighted by Gasteiger charge is 2.39. The molecule has 0 radical (unpaired) electrons. The van der Waals surface area contributed by atoms with Gasteiger partial charge in [-0.2, -0.15) is 0 Å². The Morgan fingerprint density at radius 3 is 2.72 bits per heavy atom. The minimum absolute atomic E-state index is 0.0665. The van der Waals surface area contributed by atoms with E-state index in [0.717, 1.165) is 36.1 Å². The van der Waals surface area contributed by atoms with E-state index in [0.29, 0.717) is 6.54 Å². The number of nitrogens with one attached hydrogen (secondary N) is 1. The number of benzene rings is 1. The van der Waals surface area contributed by atoms with Crippen LogP contribution in [-0.2, 0) is 16.6 Å². The van der Waals surface area contributed by atoms with Crippen molar-refractivity contribution in [2.24, 2.45) is 5.73 Å². The van der Waals surface area contributed by atoms with Crippen molar-refractivity contribution in [2.75, 3.05) is 11.9 Å². The van der Waals surface area contributed by atoms with Crippen molar-refractivity contribution in [3.8, 4) is 0 Å². The summed E-state index contributed by atoms with van der Waals surface area (Å²) in [7, 11) is 0. The first-order valence-corrected chi connectivity index (χ1v) is 6.31. The second-order valence-corrected chi connectivity index (χ2v) is 5.31. The van der Waals surface area contributed by atoms with Gasteiger partial charge in [-0.1, -0.05) is 0 Å². The molecule has 0 saturated heterocycles. The second kappa shape index (κ2) is 4.69. The van der Waals surface area contributed by atoms with Crippen LogP contribution in [0.5, 0.6) is 0 Å². The Bertz CT molecular complexity index is 483. The predicted octanol–water partition coefficient (Wildman–Crippen LogP) is 2.34.